The van der Waals surface area contributed by atoms with Gasteiger partial charge in [-0.15, -0.1) is 11.3 Å². The fourth-order valence-electron chi connectivity index (χ4n) is 3.69. The van der Waals surface area contributed by atoms with Crippen molar-refractivity contribution in [3.8, 4) is 0 Å². The van der Waals surface area contributed by atoms with E-state index in [1.807, 2.05) is 23.6 Å². The van der Waals surface area contributed by atoms with Crippen LogP contribution < -0.4 is 10.6 Å². The molecule has 0 spiro atoms. The Morgan fingerprint density at radius 2 is 1.77 bits per heavy atom. The Bertz CT molecular complexity index is 1040. The number of thiophene rings is 1. The third kappa shape index (κ3) is 4.58. The highest BCUT2D eigenvalue weighted by Gasteiger charge is 2.27. The van der Waals surface area contributed by atoms with Gasteiger partial charge in [0.25, 0.3) is 0 Å². The van der Waals surface area contributed by atoms with Crippen molar-refractivity contribution in [3.63, 3.8) is 0 Å². The first kappa shape index (κ1) is 20.3. The normalized spacial score (nSPS) is 14.6. The van der Waals surface area contributed by atoms with Crippen LogP contribution in [0.25, 0.3) is 0 Å². The molecule has 0 bridgehead atoms. The molecular weight excluding hydrogens is 401 g/mol. The highest BCUT2D eigenvalue weighted by molar-refractivity contribution is 7.10. The molecule has 30 heavy (non-hydrogen) atoms. The molecule has 1 aliphatic rings. The van der Waals surface area contributed by atoms with Crippen molar-refractivity contribution in [2.75, 3.05) is 18.4 Å². The summed E-state index contributed by atoms with van der Waals surface area (Å²) in [5, 5.41) is 7.05. The second-order valence-corrected chi connectivity index (χ2v) is 8.14. The maximum absolute atomic E-state index is 13.7. The van der Waals surface area contributed by atoms with E-state index in [2.05, 4.69) is 33.7 Å². The van der Waals surface area contributed by atoms with Gasteiger partial charge in [-0.25, -0.2) is 4.39 Å². The Labute approximate surface area is 178 Å². The Kier molecular flexibility index (Phi) is 6.21. The molecule has 0 radical (unpaired) electrons. The lowest BCUT2D eigenvalue weighted by Gasteiger charge is -2.35. The Balaban J connectivity index is 1.43. The zero-order chi connectivity index (χ0) is 20.9. The number of para-hydroxylation sites is 1. The quantitative estimate of drug-likeness (QED) is 0.615. The standard InChI is InChI=1S/C23H22FN3O2S/c24-18-8-3-4-9-19(18)26-23(29)22(28)25-14-20(21-10-5-13-30-21)27-12-11-16-6-1-2-7-17(16)15-27/h1-10,13,20H,11-12,14-15H2,(H,25,28)(H,26,29)/t20-/m0/s1. The first-order valence-electron chi connectivity index (χ1n) is 9.80. The first-order chi connectivity index (χ1) is 14.6. The van der Waals surface area contributed by atoms with Gasteiger partial charge in [-0.2, -0.15) is 0 Å². The van der Waals surface area contributed by atoms with E-state index in [4.69, 9.17) is 0 Å². The van der Waals surface area contributed by atoms with Crippen molar-refractivity contribution in [3.05, 3.63) is 87.9 Å². The molecule has 0 aliphatic carbocycles. The average molecular weight is 424 g/mol. The summed E-state index contributed by atoms with van der Waals surface area (Å²) in [6.07, 6.45) is 0.944. The highest BCUT2D eigenvalue weighted by atomic mass is 32.1. The maximum Gasteiger partial charge on any atom is 0.313 e. The molecule has 2 N–H and O–H groups in total. The Morgan fingerprint density at radius 1 is 1.00 bits per heavy atom. The Morgan fingerprint density at radius 3 is 2.53 bits per heavy atom. The number of fused-ring (bicyclic) bond motifs is 1. The van der Waals surface area contributed by atoms with E-state index in [-0.39, 0.29) is 11.7 Å². The molecule has 2 heterocycles. The predicted molar refractivity (Wildman–Crippen MR) is 116 cm³/mol. The number of hydrogen-bond acceptors (Lipinski definition) is 4. The van der Waals surface area contributed by atoms with Crippen LogP contribution in [0, 0.1) is 5.82 Å². The van der Waals surface area contributed by atoms with Crippen molar-refractivity contribution in [2.45, 2.75) is 19.0 Å². The van der Waals surface area contributed by atoms with Gasteiger partial charge in [0.1, 0.15) is 5.82 Å². The topological polar surface area (TPSA) is 61.4 Å². The third-order valence-corrected chi connectivity index (χ3v) is 6.23. The number of carbonyl (C=O) groups is 2. The van der Waals surface area contributed by atoms with Gasteiger partial charge in [-0.1, -0.05) is 42.5 Å². The number of carbonyl (C=O) groups excluding carboxylic acids is 2. The van der Waals surface area contributed by atoms with E-state index in [0.29, 0.717) is 6.54 Å². The SMILES string of the molecule is O=C(NC[C@@H](c1cccs1)N1CCc2ccccc2C1)C(=O)Nc1ccccc1F. The van der Waals surface area contributed by atoms with Crippen LogP contribution in [0.15, 0.2) is 66.0 Å². The summed E-state index contributed by atoms with van der Waals surface area (Å²) in [7, 11) is 0. The number of hydrogen-bond donors (Lipinski definition) is 2. The minimum absolute atomic E-state index is 0.0138. The molecule has 0 saturated carbocycles. The summed E-state index contributed by atoms with van der Waals surface area (Å²) in [5.41, 5.74) is 2.63. The zero-order valence-corrected chi connectivity index (χ0v) is 17.1. The molecule has 5 nitrogen and oxygen atoms in total. The second kappa shape index (κ2) is 9.19. The number of halogens is 1. The number of nitrogens with zero attached hydrogens (tertiary/aromatic N) is 1. The summed E-state index contributed by atoms with van der Waals surface area (Å²) in [6, 6.07) is 18.1. The van der Waals surface area contributed by atoms with E-state index >= 15 is 0 Å². The number of nitrogens with one attached hydrogen (secondary N) is 2. The van der Waals surface area contributed by atoms with Crippen molar-refractivity contribution in [1.82, 2.24) is 10.2 Å². The molecule has 0 fully saturated rings. The van der Waals surface area contributed by atoms with Crippen LogP contribution in [0.4, 0.5) is 10.1 Å². The molecule has 1 aliphatic heterocycles. The molecule has 0 saturated heterocycles. The van der Waals surface area contributed by atoms with E-state index in [0.717, 1.165) is 24.4 Å². The minimum atomic E-state index is -0.881. The molecule has 0 unspecified atom stereocenters. The van der Waals surface area contributed by atoms with Crippen LogP contribution in [-0.4, -0.2) is 29.8 Å². The van der Waals surface area contributed by atoms with Gasteiger partial charge in [0, 0.05) is 24.5 Å². The van der Waals surface area contributed by atoms with E-state index in [1.165, 1.54) is 29.3 Å². The summed E-state index contributed by atoms with van der Waals surface area (Å²) < 4.78 is 13.7. The number of amides is 2. The van der Waals surface area contributed by atoms with Gasteiger partial charge >= 0.3 is 11.8 Å². The molecule has 7 heteroatoms. The number of rotatable bonds is 5. The average Bonchev–Trinajstić information content (AvgIpc) is 3.30. The van der Waals surface area contributed by atoms with Gasteiger partial charge in [-0.05, 0) is 41.1 Å². The van der Waals surface area contributed by atoms with Gasteiger partial charge in [-0.3, -0.25) is 14.5 Å². The van der Waals surface area contributed by atoms with Gasteiger partial charge < -0.3 is 10.6 Å². The van der Waals surface area contributed by atoms with Crippen molar-refractivity contribution < 1.29 is 14.0 Å². The van der Waals surface area contributed by atoms with E-state index < -0.39 is 17.6 Å². The largest absolute Gasteiger partial charge is 0.346 e. The lowest BCUT2D eigenvalue weighted by molar-refractivity contribution is -0.136. The summed E-state index contributed by atoms with van der Waals surface area (Å²) >= 11 is 1.63. The van der Waals surface area contributed by atoms with Crippen LogP contribution >= 0.6 is 11.3 Å². The molecule has 1 aromatic heterocycles. The van der Waals surface area contributed by atoms with Gasteiger partial charge in [0.05, 0.1) is 11.7 Å². The monoisotopic (exact) mass is 423 g/mol. The third-order valence-electron chi connectivity index (χ3n) is 5.26. The van der Waals surface area contributed by atoms with E-state index in [1.54, 1.807) is 17.4 Å². The summed E-state index contributed by atoms with van der Waals surface area (Å²) in [4.78, 5) is 28.0. The molecule has 3 aromatic rings. The lowest BCUT2D eigenvalue weighted by Crippen LogP contribution is -2.43. The zero-order valence-electron chi connectivity index (χ0n) is 16.3. The molecule has 154 valence electrons. The van der Waals surface area contributed by atoms with Crippen molar-refractivity contribution in [2.24, 2.45) is 0 Å². The van der Waals surface area contributed by atoms with Crippen LogP contribution in [0.1, 0.15) is 22.0 Å². The highest BCUT2D eigenvalue weighted by Crippen LogP contribution is 2.30. The first-order valence-corrected chi connectivity index (χ1v) is 10.7. The summed E-state index contributed by atoms with van der Waals surface area (Å²) in [6.45, 7) is 1.96. The lowest BCUT2D eigenvalue weighted by atomic mass is 9.98. The molecule has 2 aromatic carbocycles. The number of anilines is 1. The van der Waals surface area contributed by atoms with Crippen LogP contribution in [0.5, 0.6) is 0 Å². The molecule has 2 amide bonds. The number of benzene rings is 2. The smallest absolute Gasteiger partial charge is 0.313 e. The van der Waals surface area contributed by atoms with Crippen LogP contribution in [-0.2, 0) is 22.6 Å². The van der Waals surface area contributed by atoms with Crippen LogP contribution in [0.3, 0.4) is 0 Å². The fraction of sp³-hybridized carbons (Fsp3) is 0.217. The van der Waals surface area contributed by atoms with E-state index in [9.17, 15) is 14.0 Å². The fourth-order valence-corrected chi connectivity index (χ4v) is 4.55. The Hall–Kier alpha value is -3.03. The predicted octanol–water partition coefficient (Wildman–Crippen LogP) is 3.74. The van der Waals surface area contributed by atoms with Crippen molar-refractivity contribution in [1.29, 1.82) is 0 Å². The summed E-state index contributed by atoms with van der Waals surface area (Å²) in [5.74, 6) is -2.24. The minimum Gasteiger partial charge on any atom is -0.346 e. The second-order valence-electron chi connectivity index (χ2n) is 7.16. The molecule has 4 rings (SSSR count). The molecular formula is C23H22FN3O2S. The van der Waals surface area contributed by atoms with Crippen molar-refractivity contribution >= 4 is 28.8 Å². The van der Waals surface area contributed by atoms with Crippen LogP contribution in [0.2, 0.25) is 0 Å². The molecule has 1 atom stereocenters. The van der Waals surface area contributed by atoms with Gasteiger partial charge in [0.2, 0.25) is 0 Å². The maximum atomic E-state index is 13.7. The van der Waals surface area contributed by atoms with Gasteiger partial charge in [0.15, 0.2) is 0 Å².